The van der Waals surface area contributed by atoms with Crippen molar-refractivity contribution in [2.45, 2.75) is 117 Å². The fraction of sp³-hybridized carbons (Fsp3) is 0.455. The number of benzene rings is 2. The van der Waals surface area contributed by atoms with E-state index in [-0.39, 0.29) is 36.0 Å². The van der Waals surface area contributed by atoms with Crippen molar-refractivity contribution < 1.29 is 19.1 Å². The molecule has 4 unspecified atom stereocenters. The van der Waals surface area contributed by atoms with E-state index in [0.29, 0.717) is 12.8 Å². The third-order valence-electron chi connectivity index (χ3n) is 9.87. The van der Waals surface area contributed by atoms with Gasteiger partial charge in [-0.2, -0.15) is 0 Å². The molecule has 0 aliphatic carbocycles. The van der Waals surface area contributed by atoms with Crippen molar-refractivity contribution in [1.82, 2.24) is 18.9 Å². The third kappa shape index (κ3) is 10.6. The van der Waals surface area contributed by atoms with Crippen LogP contribution < -0.4 is 0 Å². The number of esters is 2. The van der Waals surface area contributed by atoms with Gasteiger partial charge in [-0.1, -0.05) is 60.7 Å². The van der Waals surface area contributed by atoms with Crippen molar-refractivity contribution in [3.05, 3.63) is 132 Å². The van der Waals surface area contributed by atoms with E-state index in [1.807, 2.05) is 75.0 Å². The zero-order valence-corrected chi connectivity index (χ0v) is 32.8. The summed E-state index contributed by atoms with van der Waals surface area (Å²) < 4.78 is 16.8. The predicted molar refractivity (Wildman–Crippen MR) is 210 cm³/mol. The maximum atomic E-state index is 13.6. The number of aromatic nitrogens is 2. The normalized spacial score (nSPS) is 14.5. The van der Waals surface area contributed by atoms with Crippen LogP contribution in [0.5, 0.6) is 0 Å². The van der Waals surface area contributed by atoms with E-state index in [9.17, 15) is 9.59 Å². The summed E-state index contributed by atoms with van der Waals surface area (Å²) in [4.78, 5) is 31.7. The minimum Gasteiger partial charge on any atom is -0.443 e. The zero-order chi connectivity index (χ0) is 37.9. The smallest absolute Gasteiger partial charge is 0.332 e. The molecule has 0 saturated carbocycles. The van der Waals surface area contributed by atoms with Crippen LogP contribution in [0.3, 0.4) is 0 Å². The van der Waals surface area contributed by atoms with Crippen molar-refractivity contribution in [2.75, 3.05) is 0 Å². The Kier molecular flexibility index (Phi) is 14.7. The summed E-state index contributed by atoms with van der Waals surface area (Å²) in [6.45, 7) is 16.9. The van der Waals surface area contributed by atoms with Crippen LogP contribution in [0.15, 0.2) is 109 Å². The number of aryl methyl sites for hydroxylation is 2. The van der Waals surface area contributed by atoms with Gasteiger partial charge >= 0.3 is 11.9 Å². The van der Waals surface area contributed by atoms with Gasteiger partial charge in [-0.05, 0) is 90.8 Å². The molecule has 0 N–H and O–H groups in total. The van der Waals surface area contributed by atoms with Crippen LogP contribution in [0.4, 0.5) is 0 Å². The summed E-state index contributed by atoms with van der Waals surface area (Å²) in [5, 5.41) is 0. The molecule has 0 saturated heterocycles. The van der Waals surface area contributed by atoms with Crippen molar-refractivity contribution in [3.63, 3.8) is 0 Å². The Morgan fingerprint density at radius 1 is 0.538 bits per heavy atom. The highest BCUT2D eigenvalue weighted by molar-refractivity contribution is 5.91. The standard InChI is InChI=1S/C44H60N4O4/c1-31(2)47(32(3)4)41(29-37(35-19-13-11-14-20-35)39-23-17-27-45(39)9)51-43(49)25-26-44(50)52-42(48(33(5)6)34(7)8)30-38(36-21-15-12-16-22-36)40-24-18-28-46(40)10/h11-28,31-34,37-38,41-42H,29-30H2,1-10H3/b26-25+. The van der Waals surface area contributed by atoms with Crippen molar-refractivity contribution in [2.24, 2.45) is 14.1 Å². The molecule has 0 fully saturated rings. The average molecular weight is 709 g/mol. The number of ether oxygens (including phenoxy) is 2. The minimum absolute atomic E-state index is 0.0199. The molecule has 2 aromatic carbocycles. The Bertz CT molecular complexity index is 1560. The van der Waals surface area contributed by atoms with E-state index in [4.69, 9.17) is 9.47 Å². The Hall–Kier alpha value is -4.40. The summed E-state index contributed by atoms with van der Waals surface area (Å²) in [6, 6.07) is 29.4. The van der Waals surface area contributed by atoms with Crippen LogP contribution in [-0.2, 0) is 33.2 Å². The molecule has 8 nitrogen and oxygen atoms in total. The Morgan fingerprint density at radius 3 is 1.13 bits per heavy atom. The first kappa shape index (κ1) is 40.4. The first-order valence-electron chi connectivity index (χ1n) is 18.7. The molecule has 0 bridgehead atoms. The molecule has 280 valence electrons. The molecular weight excluding hydrogens is 649 g/mol. The van der Waals surface area contributed by atoms with E-state index >= 15 is 0 Å². The molecule has 4 rings (SSSR count). The first-order chi connectivity index (χ1) is 24.8. The first-order valence-corrected chi connectivity index (χ1v) is 18.7. The summed E-state index contributed by atoms with van der Waals surface area (Å²) in [7, 11) is 4.08. The van der Waals surface area contributed by atoms with Gasteiger partial charge < -0.3 is 18.6 Å². The summed E-state index contributed by atoms with van der Waals surface area (Å²) in [5.41, 5.74) is 4.56. The molecule has 2 aromatic heterocycles. The maximum absolute atomic E-state index is 13.6. The van der Waals surface area contributed by atoms with E-state index < -0.39 is 24.4 Å². The van der Waals surface area contributed by atoms with Gasteiger partial charge in [-0.3, -0.25) is 9.80 Å². The van der Waals surface area contributed by atoms with Crippen LogP contribution in [0, 0.1) is 0 Å². The lowest BCUT2D eigenvalue weighted by atomic mass is 9.90. The van der Waals surface area contributed by atoms with Gasteiger partial charge in [-0.15, -0.1) is 0 Å². The predicted octanol–water partition coefficient (Wildman–Crippen LogP) is 8.64. The number of carbonyl (C=O) groups excluding carboxylic acids is 2. The van der Waals surface area contributed by atoms with Gasteiger partial charge in [-0.25, -0.2) is 9.59 Å². The molecule has 0 amide bonds. The molecule has 52 heavy (non-hydrogen) atoms. The topological polar surface area (TPSA) is 68.9 Å². The molecule has 0 aliphatic rings. The molecule has 2 heterocycles. The Labute approximate surface area is 312 Å². The van der Waals surface area contributed by atoms with Gasteiger partial charge in [0.25, 0.3) is 0 Å². The lowest BCUT2D eigenvalue weighted by Gasteiger charge is -2.39. The van der Waals surface area contributed by atoms with Crippen LogP contribution in [-0.4, -0.2) is 67.5 Å². The van der Waals surface area contributed by atoms with Crippen LogP contribution in [0.2, 0.25) is 0 Å². The van der Waals surface area contributed by atoms with Gasteiger partial charge in [0.2, 0.25) is 0 Å². The largest absolute Gasteiger partial charge is 0.443 e. The van der Waals surface area contributed by atoms with Gasteiger partial charge in [0.1, 0.15) is 0 Å². The molecule has 8 heteroatoms. The van der Waals surface area contributed by atoms with E-state index in [0.717, 1.165) is 22.5 Å². The number of rotatable bonds is 18. The average Bonchev–Trinajstić information content (AvgIpc) is 3.72. The van der Waals surface area contributed by atoms with Crippen molar-refractivity contribution >= 4 is 11.9 Å². The van der Waals surface area contributed by atoms with Crippen LogP contribution in [0.1, 0.15) is 103 Å². The molecule has 0 radical (unpaired) electrons. The van der Waals surface area contributed by atoms with Gasteiger partial charge in [0.05, 0.1) is 0 Å². The summed E-state index contributed by atoms with van der Waals surface area (Å²) in [6.07, 6.45) is 6.50. The molecule has 4 aromatic rings. The number of hydrogen-bond acceptors (Lipinski definition) is 6. The highest BCUT2D eigenvalue weighted by Gasteiger charge is 2.33. The highest BCUT2D eigenvalue weighted by atomic mass is 16.6. The lowest BCUT2D eigenvalue weighted by Crippen LogP contribution is -2.48. The van der Waals surface area contributed by atoms with Crippen LogP contribution >= 0.6 is 0 Å². The lowest BCUT2D eigenvalue weighted by molar-refractivity contribution is -0.161. The maximum Gasteiger partial charge on any atom is 0.332 e. The fourth-order valence-electron chi connectivity index (χ4n) is 7.77. The monoisotopic (exact) mass is 708 g/mol. The molecule has 0 spiro atoms. The SMILES string of the molecule is CC(C)N(C(C)C)C(CC(c1ccccc1)c1cccn1C)OC(=O)/C=C/C(=O)OC(CC(c1ccccc1)c1cccn1C)N(C(C)C)C(C)C. The molecular formula is C44H60N4O4. The number of carbonyl (C=O) groups is 2. The van der Waals surface area contributed by atoms with E-state index in [2.05, 4.69) is 111 Å². The summed E-state index contributed by atoms with van der Waals surface area (Å²) >= 11 is 0. The number of nitrogens with zero attached hydrogens (tertiary/aromatic N) is 4. The fourth-order valence-corrected chi connectivity index (χ4v) is 7.77. The van der Waals surface area contributed by atoms with E-state index in [1.165, 1.54) is 12.2 Å². The second-order valence-electron chi connectivity index (χ2n) is 14.9. The van der Waals surface area contributed by atoms with Gasteiger partial charge in [0, 0.05) is 98.9 Å². The third-order valence-corrected chi connectivity index (χ3v) is 9.87. The number of hydrogen-bond donors (Lipinski definition) is 0. The second kappa shape index (κ2) is 18.9. The zero-order valence-electron chi connectivity index (χ0n) is 32.8. The quantitative estimate of drug-likeness (QED) is 0.0586. The Balaban J connectivity index is 1.59. The van der Waals surface area contributed by atoms with Crippen molar-refractivity contribution in [3.8, 4) is 0 Å². The van der Waals surface area contributed by atoms with Crippen LogP contribution in [0.25, 0.3) is 0 Å². The highest BCUT2D eigenvalue weighted by Crippen LogP contribution is 2.34. The summed E-state index contributed by atoms with van der Waals surface area (Å²) in [5.74, 6) is -1.21. The molecule has 0 aliphatic heterocycles. The Morgan fingerprint density at radius 2 is 0.865 bits per heavy atom. The van der Waals surface area contributed by atoms with Gasteiger partial charge in [0.15, 0.2) is 12.5 Å². The minimum atomic E-state index is -0.584. The van der Waals surface area contributed by atoms with E-state index in [1.54, 1.807) is 0 Å². The second-order valence-corrected chi connectivity index (χ2v) is 14.9. The van der Waals surface area contributed by atoms with Crippen molar-refractivity contribution in [1.29, 1.82) is 0 Å². The molecule has 4 atom stereocenters.